The van der Waals surface area contributed by atoms with Crippen molar-refractivity contribution >= 4 is 74.9 Å². The van der Waals surface area contributed by atoms with Crippen molar-refractivity contribution in [1.29, 1.82) is 0 Å². The molecule has 0 radical (unpaired) electrons. The monoisotopic (exact) mass is 387 g/mol. The summed E-state index contributed by atoms with van der Waals surface area (Å²) in [6, 6.07) is 31.3. The van der Waals surface area contributed by atoms with Crippen molar-refractivity contribution in [2.24, 2.45) is 7.05 Å². The molecule has 0 spiro atoms. The molecule has 0 atom stereocenters. The molecule has 7 rings (SSSR count). The summed E-state index contributed by atoms with van der Waals surface area (Å²) in [5.74, 6) is 0. The lowest BCUT2D eigenvalue weighted by Gasteiger charge is -2.08. The van der Waals surface area contributed by atoms with Gasteiger partial charge in [-0.3, -0.25) is 0 Å². The number of nitrogens with zero attached hydrogens (tertiary/aromatic N) is 1. The van der Waals surface area contributed by atoms with E-state index >= 15 is 0 Å². The average Bonchev–Trinajstić information content (AvgIpc) is 3.29. The molecule has 29 heavy (non-hydrogen) atoms. The van der Waals surface area contributed by atoms with Gasteiger partial charge in [-0.25, -0.2) is 0 Å². The van der Waals surface area contributed by atoms with E-state index in [1.165, 1.54) is 63.5 Å². The quantitative estimate of drug-likeness (QED) is 0.232. The van der Waals surface area contributed by atoms with Crippen molar-refractivity contribution in [2.45, 2.75) is 0 Å². The molecule has 1 nitrogen and oxygen atoms in total. The highest BCUT2D eigenvalue weighted by Crippen LogP contribution is 2.43. The molecule has 0 fully saturated rings. The van der Waals surface area contributed by atoms with Crippen LogP contribution in [0.2, 0.25) is 0 Å². The van der Waals surface area contributed by atoms with E-state index < -0.39 is 0 Å². The summed E-state index contributed by atoms with van der Waals surface area (Å²) in [4.78, 5) is 0. The predicted octanol–water partition coefficient (Wildman–Crippen LogP) is 8.01. The fourth-order valence-corrected chi connectivity index (χ4v) is 6.34. The molecule has 0 aliphatic rings. The van der Waals surface area contributed by atoms with Crippen LogP contribution in [0.5, 0.6) is 0 Å². The van der Waals surface area contributed by atoms with Gasteiger partial charge in [-0.1, -0.05) is 66.7 Å². The number of hydrogen-bond acceptors (Lipinski definition) is 1. The minimum Gasteiger partial charge on any atom is -0.344 e. The van der Waals surface area contributed by atoms with Gasteiger partial charge in [-0.2, -0.15) is 0 Å². The van der Waals surface area contributed by atoms with E-state index in [1.807, 2.05) is 11.3 Å². The van der Waals surface area contributed by atoms with Gasteiger partial charge in [0.15, 0.2) is 0 Å². The number of thiophene rings is 1. The molecule has 2 heterocycles. The molecule has 0 N–H and O–H groups in total. The second kappa shape index (κ2) is 5.37. The zero-order chi connectivity index (χ0) is 19.1. The van der Waals surface area contributed by atoms with Crippen LogP contribution in [-0.2, 0) is 7.05 Å². The van der Waals surface area contributed by atoms with Gasteiger partial charge in [0.2, 0.25) is 0 Å². The highest BCUT2D eigenvalue weighted by Gasteiger charge is 2.15. The smallest absolute Gasteiger partial charge is 0.0495 e. The van der Waals surface area contributed by atoms with Crippen LogP contribution in [0.3, 0.4) is 0 Å². The summed E-state index contributed by atoms with van der Waals surface area (Å²) in [5.41, 5.74) is 2.58. The second-order valence-corrected chi connectivity index (χ2v) is 8.89. The molecule has 0 aliphatic carbocycles. The molecule has 5 aromatic carbocycles. The summed E-state index contributed by atoms with van der Waals surface area (Å²) < 4.78 is 5.07. The summed E-state index contributed by atoms with van der Waals surface area (Å²) in [7, 11) is 2.17. The van der Waals surface area contributed by atoms with Gasteiger partial charge in [0, 0.05) is 54.4 Å². The van der Waals surface area contributed by atoms with Crippen LogP contribution in [0.15, 0.2) is 84.9 Å². The first-order valence-electron chi connectivity index (χ1n) is 9.94. The number of aromatic nitrogens is 1. The Bertz CT molecular complexity index is 1760. The maximum atomic E-state index is 2.32. The Labute approximate surface area is 171 Å². The first-order valence-corrected chi connectivity index (χ1v) is 10.8. The lowest BCUT2D eigenvalue weighted by atomic mass is 9.97. The van der Waals surface area contributed by atoms with E-state index in [0.29, 0.717) is 0 Å². The molecule has 0 aliphatic heterocycles. The van der Waals surface area contributed by atoms with E-state index in [0.717, 1.165) is 0 Å². The van der Waals surface area contributed by atoms with Gasteiger partial charge in [0.1, 0.15) is 0 Å². The van der Waals surface area contributed by atoms with Gasteiger partial charge in [-0.15, -0.1) is 11.3 Å². The first-order chi connectivity index (χ1) is 14.3. The number of rotatable bonds is 0. The standard InChI is InChI=1S/C27H17NS/c1-28-22-8-4-2-7-21(22)26-19-12-10-16-11-13-20-17-6-3-5-9-24(17)29-27(20)25(16)18(19)14-15-23(26)28/h2-15H,1H3. The van der Waals surface area contributed by atoms with Crippen LogP contribution in [0.25, 0.3) is 63.5 Å². The Balaban J connectivity index is 1.77. The topological polar surface area (TPSA) is 4.93 Å². The average molecular weight is 388 g/mol. The number of aryl methyl sites for hydroxylation is 1. The van der Waals surface area contributed by atoms with E-state index in [4.69, 9.17) is 0 Å². The van der Waals surface area contributed by atoms with E-state index in [-0.39, 0.29) is 0 Å². The molecule has 2 heteroatoms. The minimum atomic E-state index is 1.29. The van der Waals surface area contributed by atoms with Gasteiger partial charge in [0.05, 0.1) is 0 Å². The third-order valence-electron chi connectivity index (χ3n) is 6.40. The van der Waals surface area contributed by atoms with Crippen LogP contribution in [0.1, 0.15) is 0 Å². The molecule has 0 bridgehead atoms. The van der Waals surface area contributed by atoms with Gasteiger partial charge < -0.3 is 4.57 Å². The van der Waals surface area contributed by atoms with Gasteiger partial charge >= 0.3 is 0 Å². The summed E-state index contributed by atoms with van der Waals surface area (Å²) in [6.07, 6.45) is 0. The number of para-hydroxylation sites is 1. The summed E-state index contributed by atoms with van der Waals surface area (Å²) in [5, 5.41) is 10.8. The Morgan fingerprint density at radius 2 is 1.24 bits per heavy atom. The first kappa shape index (κ1) is 15.5. The third-order valence-corrected chi connectivity index (χ3v) is 7.60. The maximum absolute atomic E-state index is 2.32. The van der Waals surface area contributed by atoms with Crippen molar-refractivity contribution in [3.05, 3.63) is 84.9 Å². The van der Waals surface area contributed by atoms with Gasteiger partial charge in [0.25, 0.3) is 0 Å². The van der Waals surface area contributed by atoms with Crippen molar-refractivity contribution in [1.82, 2.24) is 4.57 Å². The molecular weight excluding hydrogens is 370 g/mol. The number of benzene rings is 5. The van der Waals surface area contributed by atoms with Crippen LogP contribution in [-0.4, -0.2) is 4.57 Å². The van der Waals surface area contributed by atoms with E-state index in [1.54, 1.807) is 0 Å². The predicted molar refractivity (Wildman–Crippen MR) is 128 cm³/mol. The maximum Gasteiger partial charge on any atom is 0.0495 e. The number of hydrogen-bond donors (Lipinski definition) is 0. The summed E-state index contributed by atoms with van der Waals surface area (Å²) >= 11 is 1.92. The molecule has 0 saturated carbocycles. The highest BCUT2D eigenvalue weighted by atomic mass is 32.1. The summed E-state index contributed by atoms with van der Waals surface area (Å²) in [6.45, 7) is 0. The SMILES string of the molecule is Cn1c2ccccc2c2c3ccc4ccc5c6ccccc6sc5c4c3ccc21. The fourth-order valence-electron chi connectivity index (χ4n) is 5.06. The molecule has 0 amide bonds. The highest BCUT2D eigenvalue weighted by molar-refractivity contribution is 7.26. The molecular formula is C27H17NS. The Morgan fingerprint density at radius 3 is 2.14 bits per heavy atom. The van der Waals surface area contributed by atoms with Crippen LogP contribution < -0.4 is 0 Å². The van der Waals surface area contributed by atoms with Crippen LogP contribution >= 0.6 is 11.3 Å². The normalized spacial score (nSPS) is 12.3. The zero-order valence-electron chi connectivity index (χ0n) is 15.9. The van der Waals surface area contributed by atoms with Crippen molar-refractivity contribution in [3.8, 4) is 0 Å². The van der Waals surface area contributed by atoms with Crippen LogP contribution in [0.4, 0.5) is 0 Å². The fraction of sp³-hybridized carbons (Fsp3) is 0.0370. The van der Waals surface area contributed by atoms with Crippen molar-refractivity contribution < 1.29 is 0 Å². The Hall–Kier alpha value is -3.36. The van der Waals surface area contributed by atoms with E-state index in [2.05, 4.69) is 96.5 Å². The molecule has 0 unspecified atom stereocenters. The lowest BCUT2D eigenvalue weighted by molar-refractivity contribution is 1.01. The van der Waals surface area contributed by atoms with Gasteiger partial charge in [-0.05, 0) is 34.4 Å². The number of fused-ring (bicyclic) bond motifs is 11. The largest absolute Gasteiger partial charge is 0.344 e. The van der Waals surface area contributed by atoms with Crippen molar-refractivity contribution in [2.75, 3.05) is 0 Å². The van der Waals surface area contributed by atoms with Crippen molar-refractivity contribution in [3.63, 3.8) is 0 Å². The Morgan fingerprint density at radius 1 is 0.552 bits per heavy atom. The minimum absolute atomic E-state index is 1.29. The molecule has 7 aromatic rings. The molecule has 136 valence electrons. The Kier molecular flexibility index (Phi) is 2.88. The van der Waals surface area contributed by atoms with E-state index in [9.17, 15) is 0 Å². The third kappa shape index (κ3) is 1.89. The zero-order valence-corrected chi connectivity index (χ0v) is 16.8. The lowest BCUT2D eigenvalue weighted by Crippen LogP contribution is -1.86. The van der Waals surface area contributed by atoms with Crippen LogP contribution in [0, 0.1) is 0 Å². The molecule has 2 aromatic heterocycles. The molecule has 0 saturated heterocycles. The second-order valence-electron chi connectivity index (χ2n) is 7.84.